The number of hydrogen-bond donors (Lipinski definition) is 2. The number of halogens is 3. The molecule has 6 nitrogen and oxygen atoms in total. The summed E-state index contributed by atoms with van der Waals surface area (Å²) in [6.07, 6.45) is -3.70. The molecule has 1 aliphatic rings. The molecule has 31 heavy (non-hydrogen) atoms. The van der Waals surface area contributed by atoms with Crippen LogP contribution in [0.1, 0.15) is 27.7 Å². The average molecular weight is 422 g/mol. The summed E-state index contributed by atoms with van der Waals surface area (Å²) in [5.74, 6) is -0.474. The summed E-state index contributed by atoms with van der Waals surface area (Å²) in [5.41, 5.74) is 1.57. The third-order valence-electron chi connectivity index (χ3n) is 6.10. The molecule has 2 N–H and O–H groups in total. The summed E-state index contributed by atoms with van der Waals surface area (Å²) in [7, 11) is 1.85. The first-order valence-corrected chi connectivity index (χ1v) is 9.49. The molecule has 0 saturated carbocycles. The Morgan fingerprint density at radius 3 is 2.58 bits per heavy atom. The fourth-order valence-electron chi connectivity index (χ4n) is 4.82. The second-order valence-corrected chi connectivity index (χ2v) is 7.76. The first-order valence-electron chi connectivity index (χ1n) is 9.49. The number of aromatic nitrogens is 2. The van der Waals surface area contributed by atoms with Crippen molar-refractivity contribution in [3.8, 4) is 0 Å². The van der Waals surface area contributed by atoms with E-state index < -0.39 is 23.8 Å². The number of aryl methyl sites for hydroxylation is 1. The second kappa shape index (κ2) is 5.63. The van der Waals surface area contributed by atoms with Gasteiger partial charge in [-0.2, -0.15) is 13.2 Å². The monoisotopic (exact) mass is 422 g/mol. The molecular formula is C22H13F3N4O2. The number of nitrogens with zero attached hydrogens (tertiary/aromatic N) is 2. The third kappa shape index (κ3) is 2.20. The predicted octanol–water partition coefficient (Wildman–Crippen LogP) is 5.49. The zero-order valence-corrected chi connectivity index (χ0v) is 16.0. The van der Waals surface area contributed by atoms with E-state index in [0.717, 1.165) is 23.0 Å². The van der Waals surface area contributed by atoms with Gasteiger partial charge in [-0.3, -0.25) is 4.79 Å². The Hall–Kier alpha value is -3.88. The third-order valence-corrected chi connectivity index (χ3v) is 6.10. The van der Waals surface area contributed by atoms with Crippen LogP contribution in [0.5, 0.6) is 0 Å². The van der Waals surface area contributed by atoms with E-state index in [1.165, 1.54) is 6.07 Å². The van der Waals surface area contributed by atoms with Gasteiger partial charge in [-0.15, -0.1) is 4.91 Å². The number of nitroso groups, excluding NO2 is 1. The highest BCUT2D eigenvalue weighted by Crippen LogP contribution is 2.45. The van der Waals surface area contributed by atoms with Gasteiger partial charge in [-0.25, -0.2) is 0 Å². The average Bonchev–Trinajstić information content (AvgIpc) is 3.39. The number of amides is 1. The molecule has 0 spiro atoms. The lowest BCUT2D eigenvalue weighted by molar-refractivity contribution is -0.137. The Balaban J connectivity index is 1.89. The van der Waals surface area contributed by atoms with Gasteiger partial charge in [0.1, 0.15) is 0 Å². The van der Waals surface area contributed by atoms with Gasteiger partial charge in [-0.1, -0.05) is 18.2 Å². The number of H-pyrrole nitrogens is 1. The molecule has 1 aliphatic heterocycles. The van der Waals surface area contributed by atoms with Crippen molar-refractivity contribution in [3.05, 3.63) is 64.2 Å². The first kappa shape index (κ1) is 17.9. The minimum Gasteiger partial charge on any atom is -0.354 e. The summed E-state index contributed by atoms with van der Waals surface area (Å²) in [4.78, 5) is 27.6. The normalized spacial score (nSPS) is 16.5. The fraction of sp³-hybridized carbons (Fsp3) is 0.136. The fourth-order valence-corrected chi connectivity index (χ4v) is 4.82. The van der Waals surface area contributed by atoms with Crippen molar-refractivity contribution in [2.24, 2.45) is 12.2 Å². The van der Waals surface area contributed by atoms with E-state index in [1.807, 2.05) is 36.0 Å². The molecule has 1 unspecified atom stereocenters. The molecule has 2 aromatic heterocycles. The molecule has 3 heterocycles. The molecule has 0 bridgehead atoms. The van der Waals surface area contributed by atoms with Crippen molar-refractivity contribution in [2.45, 2.75) is 12.3 Å². The van der Waals surface area contributed by atoms with Crippen molar-refractivity contribution in [1.82, 2.24) is 14.9 Å². The number of nitrogens with one attached hydrogen (secondary N) is 2. The molecule has 154 valence electrons. The summed E-state index contributed by atoms with van der Waals surface area (Å²) >= 11 is 0. The minimum absolute atomic E-state index is 0.266. The topological polar surface area (TPSA) is 79.2 Å². The number of fused-ring (bicyclic) bond motifs is 10. The summed E-state index contributed by atoms with van der Waals surface area (Å²) in [6, 6.07) is 9.07. The van der Waals surface area contributed by atoms with Crippen LogP contribution < -0.4 is 5.32 Å². The smallest absolute Gasteiger partial charge is 0.354 e. The van der Waals surface area contributed by atoms with Crippen LogP contribution in [0.15, 0.2) is 47.8 Å². The quantitative estimate of drug-likeness (QED) is 0.350. The van der Waals surface area contributed by atoms with Gasteiger partial charge >= 0.3 is 6.18 Å². The highest BCUT2D eigenvalue weighted by Gasteiger charge is 2.37. The van der Waals surface area contributed by atoms with Crippen molar-refractivity contribution < 1.29 is 18.0 Å². The Bertz CT molecular complexity index is 1610. The second-order valence-electron chi connectivity index (χ2n) is 7.76. The van der Waals surface area contributed by atoms with Crippen molar-refractivity contribution >= 4 is 49.4 Å². The summed E-state index contributed by atoms with van der Waals surface area (Å²) in [6.45, 7) is 0. The van der Waals surface area contributed by atoms with E-state index in [4.69, 9.17) is 0 Å². The van der Waals surface area contributed by atoms with Gasteiger partial charge in [0.25, 0.3) is 5.91 Å². The number of aromatic amines is 1. The van der Waals surface area contributed by atoms with E-state index in [0.29, 0.717) is 32.6 Å². The van der Waals surface area contributed by atoms with Crippen LogP contribution in [0, 0.1) is 4.91 Å². The van der Waals surface area contributed by atoms with Crippen molar-refractivity contribution in [2.75, 3.05) is 0 Å². The van der Waals surface area contributed by atoms with E-state index in [1.54, 1.807) is 0 Å². The summed E-state index contributed by atoms with van der Waals surface area (Å²) < 4.78 is 41.7. The number of carbonyl (C=O) groups excluding carboxylic acids is 1. The highest BCUT2D eigenvalue weighted by atomic mass is 19.4. The molecule has 0 fully saturated rings. The molecule has 9 heteroatoms. The molecule has 6 rings (SSSR count). The molecule has 0 radical (unpaired) electrons. The molecule has 3 aromatic carbocycles. The van der Waals surface area contributed by atoms with Crippen LogP contribution >= 0.6 is 0 Å². The lowest BCUT2D eigenvalue weighted by atomic mass is 9.92. The predicted molar refractivity (Wildman–Crippen MR) is 111 cm³/mol. The van der Waals surface area contributed by atoms with Gasteiger partial charge in [-0.05, 0) is 23.4 Å². The zero-order valence-electron chi connectivity index (χ0n) is 16.0. The molecule has 0 saturated heterocycles. The molecule has 5 aromatic rings. The SMILES string of the molecule is Cn1ccc2ccc3c4[nH]c5cc(C(F)(F)F)ccc5c4c4c(c3c21)C(N=O)NC4=O. The maximum absolute atomic E-state index is 13.3. The van der Waals surface area contributed by atoms with E-state index in [2.05, 4.69) is 15.5 Å². The van der Waals surface area contributed by atoms with Gasteiger partial charge in [0.15, 0.2) is 6.17 Å². The largest absolute Gasteiger partial charge is 0.416 e. The van der Waals surface area contributed by atoms with Crippen LogP contribution in [0.3, 0.4) is 0 Å². The zero-order chi connectivity index (χ0) is 21.7. The van der Waals surface area contributed by atoms with E-state index in [9.17, 15) is 22.9 Å². The molecular weight excluding hydrogens is 409 g/mol. The Morgan fingerprint density at radius 1 is 1.06 bits per heavy atom. The Morgan fingerprint density at radius 2 is 1.84 bits per heavy atom. The van der Waals surface area contributed by atoms with Crippen LogP contribution in [0.25, 0.3) is 43.5 Å². The summed E-state index contributed by atoms with van der Waals surface area (Å²) in [5, 5.41) is 8.99. The van der Waals surface area contributed by atoms with Crippen LogP contribution in [-0.2, 0) is 13.2 Å². The van der Waals surface area contributed by atoms with Crippen molar-refractivity contribution in [3.63, 3.8) is 0 Å². The van der Waals surface area contributed by atoms with Gasteiger partial charge < -0.3 is 14.9 Å². The molecule has 1 amide bonds. The first-order chi connectivity index (χ1) is 14.8. The lowest BCUT2D eigenvalue weighted by Gasteiger charge is -2.12. The van der Waals surface area contributed by atoms with Crippen molar-refractivity contribution in [1.29, 1.82) is 0 Å². The minimum atomic E-state index is -4.49. The molecule has 0 aliphatic carbocycles. The van der Waals surface area contributed by atoms with Gasteiger partial charge in [0.05, 0.1) is 22.2 Å². The van der Waals surface area contributed by atoms with Gasteiger partial charge in [0.2, 0.25) is 0 Å². The van der Waals surface area contributed by atoms with E-state index in [-0.39, 0.29) is 11.1 Å². The number of alkyl halides is 3. The van der Waals surface area contributed by atoms with Gasteiger partial charge in [0, 0.05) is 51.3 Å². The van der Waals surface area contributed by atoms with E-state index >= 15 is 0 Å². The standard InChI is InChI=1S/C22H13F3N4O2/c1-29-7-6-9-2-4-12-15(19(9)29)16-17(21(30)27-20(16)28-31)14-11-5-3-10(22(23,24)25)8-13(11)26-18(12)14/h2-8,20,26H,1H3,(H,27,30). The van der Waals surface area contributed by atoms with Crippen LogP contribution in [0.4, 0.5) is 13.2 Å². The number of hydrogen-bond acceptors (Lipinski definition) is 3. The maximum Gasteiger partial charge on any atom is 0.416 e. The number of carbonyl (C=O) groups is 1. The maximum atomic E-state index is 13.3. The van der Waals surface area contributed by atoms with Crippen LogP contribution in [-0.4, -0.2) is 15.5 Å². The van der Waals surface area contributed by atoms with Crippen LogP contribution in [0.2, 0.25) is 0 Å². The Kier molecular flexibility index (Phi) is 3.26. The molecule has 1 atom stereocenters. The lowest BCUT2D eigenvalue weighted by Crippen LogP contribution is -2.17. The number of rotatable bonds is 1. The number of benzene rings is 3. The highest BCUT2D eigenvalue weighted by molar-refractivity contribution is 6.30. The Labute approximate surface area is 171 Å².